The number of aliphatic hydroxyl groups excluding tert-OH is 2. The van der Waals surface area contributed by atoms with Gasteiger partial charge in [-0.25, -0.2) is 14.5 Å². The number of nitriles is 1. The molecule has 0 spiro atoms. The van der Waals surface area contributed by atoms with Crippen LogP contribution in [0.5, 0.6) is 0 Å². The Bertz CT molecular complexity index is 886. The van der Waals surface area contributed by atoms with Gasteiger partial charge in [-0.2, -0.15) is 10.4 Å². The fourth-order valence-electron chi connectivity index (χ4n) is 2.93. The first-order valence-corrected chi connectivity index (χ1v) is 6.84. The smallest absolute Gasteiger partial charge is 0.212 e. The van der Waals surface area contributed by atoms with Gasteiger partial charge in [0.05, 0.1) is 18.9 Å². The Morgan fingerprint density at radius 2 is 2.38 bits per heavy atom. The molecule has 4 N–H and O–H groups in total. The first kappa shape index (κ1) is 15.9. The van der Waals surface area contributed by atoms with E-state index in [-0.39, 0.29) is 17.2 Å². The minimum atomic E-state index is -1.94. The van der Waals surface area contributed by atoms with Gasteiger partial charge in [0, 0.05) is 4.91 Å². The van der Waals surface area contributed by atoms with E-state index in [1.165, 1.54) is 24.0 Å². The number of azide groups is 1. The van der Waals surface area contributed by atoms with Gasteiger partial charge in [0.25, 0.3) is 0 Å². The molecule has 4 atom stereocenters. The summed E-state index contributed by atoms with van der Waals surface area (Å²) in [7, 11) is 0. The Hall–Kier alpha value is -2.97. The standard InChI is InChI=1S/C12H13N9O3/c1-11(19-20-15)8(23)6(3-22)24-12(11,4-13)7-2-16-10-9(14)17-5-18-21(7)10/h2,5-6,8,22-23H,3H2,1H3,(H2,14,17,18)/t6-,8-,11-,12+/m1/s1. The van der Waals surface area contributed by atoms with Gasteiger partial charge in [0.15, 0.2) is 11.5 Å². The second kappa shape index (κ2) is 5.29. The van der Waals surface area contributed by atoms with Crippen LogP contribution in [0.1, 0.15) is 12.6 Å². The van der Waals surface area contributed by atoms with Crippen molar-refractivity contribution in [3.8, 4) is 6.07 Å². The molecule has 0 amide bonds. The van der Waals surface area contributed by atoms with Crippen molar-refractivity contribution < 1.29 is 14.9 Å². The molecular formula is C12H13N9O3. The zero-order chi connectivity index (χ0) is 17.5. The number of aromatic nitrogens is 4. The number of aliphatic hydroxyl groups is 2. The SMILES string of the molecule is C[C@@]1(N=[N+]=[N-])[C@H](O)[C@@H](CO)O[C@@]1(C#N)c1cnc2c(N)ncnn12. The maximum atomic E-state index is 10.4. The van der Waals surface area contributed by atoms with Gasteiger partial charge in [-0.15, -0.1) is 0 Å². The van der Waals surface area contributed by atoms with Crippen LogP contribution in [0.3, 0.4) is 0 Å². The summed E-state index contributed by atoms with van der Waals surface area (Å²) >= 11 is 0. The van der Waals surface area contributed by atoms with E-state index in [0.29, 0.717) is 0 Å². The van der Waals surface area contributed by atoms with Gasteiger partial charge in [-0.05, 0) is 12.5 Å². The number of ether oxygens (including phenoxy) is 1. The van der Waals surface area contributed by atoms with Gasteiger partial charge >= 0.3 is 0 Å². The third-order valence-electron chi connectivity index (χ3n) is 4.25. The van der Waals surface area contributed by atoms with Crippen LogP contribution >= 0.6 is 0 Å². The quantitative estimate of drug-likeness (QED) is 0.371. The highest BCUT2D eigenvalue weighted by Gasteiger charge is 2.66. The lowest BCUT2D eigenvalue weighted by Crippen LogP contribution is -2.50. The molecule has 0 aliphatic carbocycles. The highest BCUT2D eigenvalue weighted by atomic mass is 16.5. The molecule has 2 aromatic rings. The van der Waals surface area contributed by atoms with Crippen LogP contribution in [0.15, 0.2) is 17.6 Å². The lowest BCUT2D eigenvalue weighted by molar-refractivity contribution is -0.0561. The molecule has 1 fully saturated rings. The molecule has 1 aliphatic rings. The van der Waals surface area contributed by atoms with E-state index in [1.807, 2.05) is 6.07 Å². The Labute approximate surface area is 134 Å². The number of imidazole rings is 1. The largest absolute Gasteiger partial charge is 0.394 e. The maximum absolute atomic E-state index is 10.4. The molecular weight excluding hydrogens is 318 g/mol. The predicted octanol–water partition coefficient (Wildman–Crippen LogP) is -0.754. The summed E-state index contributed by atoms with van der Waals surface area (Å²) in [6, 6.07) is 1.94. The van der Waals surface area contributed by atoms with Gasteiger partial charge in [-0.3, -0.25) is 0 Å². The Kier molecular flexibility index (Phi) is 3.51. The van der Waals surface area contributed by atoms with Crippen molar-refractivity contribution in [2.75, 3.05) is 12.3 Å². The zero-order valence-electron chi connectivity index (χ0n) is 12.5. The van der Waals surface area contributed by atoms with Crippen molar-refractivity contribution in [2.24, 2.45) is 5.11 Å². The zero-order valence-corrected chi connectivity index (χ0v) is 12.5. The normalized spacial score (nSPS) is 32.4. The molecule has 0 unspecified atom stereocenters. The lowest BCUT2D eigenvalue weighted by Gasteiger charge is -2.33. The summed E-state index contributed by atoms with van der Waals surface area (Å²) in [5, 5.41) is 37.3. The van der Waals surface area contributed by atoms with Crippen molar-refractivity contribution in [1.29, 1.82) is 5.26 Å². The number of rotatable bonds is 3. The second-order valence-electron chi connectivity index (χ2n) is 5.44. The van der Waals surface area contributed by atoms with E-state index in [1.54, 1.807) is 0 Å². The third kappa shape index (κ3) is 1.78. The molecule has 2 aromatic heterocycles. The Balaban J connectivity index is 2.33. The van der Waals surface area contributed by atoms with Crippen LogP contribution in [-0.2, 0) is 10.3 Å². The average Bonchev–Trinajstić information content (AvgIpc) is 3.09. The van der Waals surface area contributed by atoms with E-state index >= 15 is 0 Å². The molecule has 24 heavy (non-hydrogen) atoms. The molecule has 12 nitrogen and oxygen atoms in total. The Morgan fingerprint density at radius 1 is 1.62 bits per heavy atom. The van der Waals surface area contributed by atoms with E-state index in [2.05, 4.69) is 25.1 Å². The molecule has 0 radical (unpaired) electrons. The molecule has 3 rings (SSSR count). The van der Waals surface area contributed by atoms with Gasteiger partial charge in [-0.1, -0.05) is 5.11 Å². The number of nitrogens with zero attached hydrogens (tertiary/aromatic N) is 8. The molecule has 124 valence electrons. The number of nitrogen functional groups attached to an aromatic ring is 1. The van der Waals surface area contributed by atoms with Crippen molar-refractivity contribution in [1.82, 2.24) is 19.6 Å². The number of anilines is 1. The molecule has 12 heteroatoms. The van der Waals surface area contributed by atoms with Crippen LogP contribution < -0.4 is 5.73 Å². The van der Waals surface area contributed by atoms with E-state index in [0.717, 1.165) is 0 Å². The van der Waals surface area contributed by atoms with Crippen LogP contribution in [-0.4, -0.2) is 54.1 Å². The van der Waals surface area contributed by atoms with Gasteiger partial charge in [0.1, 0.15) is 29.7 Å². The van der Waals surface area contributed by atoms with Gasteiger partial charge < -0.3 is 20.7 Å². The first-order valence-electron chi connectivity index (χ1n) is 6.84. The minimum absolute atomic E-state index is 0.0760. The van der Waals surface area contributed by atoms with Crippen LogP contribution in [0.4, 0.5) is 5.82 Å². The predicted molar refractivity (Wildman–Crippen MR) is 78.0 cm³/mol. The van der Waals surface area contributed by atoms with E-state index < -0.39 is 30.0 Å². The molecule has 0 saturated carbocycles. The second-order valence-corrected chi connectivity index (χ2v) is 5.44. The maximum Gasteiger partial charge on any atom is 0.212 e. The topological polar surface area (TPSA) is 191 Å². The fourth-order valence-corrected chi connectivity index (χ4v) is 2.93. The minimum Gasteiger partial charge on any atom is -0.394 e. The number of fused-ring (bicyclic) bond motifs is 1. The van der Waals surface area contributed by atoms with Crippen molar-refractivity contribution in [2.45, 2.75) is 30.3 Å². The van der Waals surface area contributed by atoms with Crippen molar-refractivity contribution >= 4 is 11.5 Å². The number of nitrogens with two attached hydrogens (primary N) is 1. The van der Waals surface area contributed by atoms with E-state index in [9.17, 15) is 15.5 Å². The van der Waals surface area contributed by atoms with Crippen molar-refractivity contribution in [3.05, 3.63) is 28.7 Å². The lowest BCUT2D eigenvalue weighted by atomic mass is 9.78. The highest BCUT2D eigenvalue weighted by molar-refractivity contribution is 5.59. The summed E-state index contributed by atoms with van der Waals surface area (Å²) in [6.45, 7) is 0.787. The summed E-state index contributed by atoms with van der Waals surface area (Å²) in [4.78, 5) is 10.6. The van der Waals surface area contributed by atoms with E-state index in [4.69, 9.17) is 16.0 Å². The summed E-state index contributed by atoms with van der Waals surface area (Å²) in [5.74, 6) is 0.0760. The third-order valence-corrected chi connectivity index (χ3v) is 4.25. The average molecular weight is 331 g/mol. The van der Waals surface area contributed by atoms with Crippen LogP contribution in [0, 0.1) is 11.3 Å². The molecule has 1 aliphatic heterocycles. The molecule has 0 bridgehead atoms. The summed E-state index contributed by atoms with van der Waals surface area (Å²) in [6.07, 6.45) is -0.118. The van der Waals surface area contributed by atoms with Crippen LogP contribution in [0.2, 0.25) is 0 Å². The number of hydrogen-bond acceptors (Lipinski definition) is 9. The summed E-state index contributed by atoms with van der Waals surface area (Å²) < 4.78 is 6.86. The Morgan fingerprint density at radius 3 is 3.00 bits per heavy atom. The van der Waals surface area contributed by atoms with Crippen molar-refractivity contribution in [3.63, 3.8) is 0 Å². The molecule has 1 saturated heterocycles. The monoisotopic (exact) mass is 331 g/mol. The highest BCUT2D eigenvalue weighted by Crippen LogP contribution is 2.49. The molecule has 0 aromatic carbocycles. The fraction of sp³-hybridized carbons (Fsp3) is 0.500. The number of hydrogen-bond donors (Lipinski definition) is 3. The van der Waals surface area contributed by atoms with Gasteiger partial charge in [0.2, 0.25) is 5.60 Å². The summed E-state index contributed by atoms with van der Waals surface area (Å²) in [5.41, 5.74) is 11.2. The molecule has 3 heterocycles. The first-order chi connectivity index (χ1) is 11.4. The van der Waals surface area contributed by atoms with Crippen LogP contribution in [0.25, 0.3) is 16.1 Å².